The van der Waals surface area contributed by atoms with Gasteiger partial charge >= 0.3 is 11.9 Å². The molecule has 7 rings (SSSR count). The summed E-state index contributed by atoms with van der Waals surface area (Å²) in [6, 6.07) is 11.7. The number of benzene rings is 3. The first kappa shape index (κ1) is 35.8. The standard InChI is InChI=1S/C25H26FN3O5S.C12H12O4/c1-3-29(4-2)12-5-6-16-14-17(26)7-10-22(16)35(32,33)28-20-9-8-19-18-11-13-34-21(18)15-27-24(19)23(20)25(30)31;13-12(14)9-3-1-2-8-7-4-5-15-10(7)6-16-11(8)9/h5-10,14-15,28H,3-4,11-13H2,1-2H3,(H,30,31);1-3,7,10H,4-6H2,(H,13,14). The summed E-state index contributed by atoms with van der Waals surface area (Å²) >= 11 is 0. The number of aromatic nitrogens is 1. The number of halogens is 1. The summed E-state index contributed by atoms with van der Waals surface area (Å²) < 4.78 is 59.6. The summed E-state index contributed by atoms with van der Waals surface area (Å²) in [5.74, 6) is -1.42. The monoisotopic (exact) mass is 719 g/mol. The van der Waals surface area contributed by atoms with E-state index in [1.54, 1.807) is 30.4 Å². The fourth-order valence-electron chi connectivity index (χ4n) is 6.66. The fraction of sp³-hybridized carbons (Fsp3) is 0.324. The molecule has 1 aromatic heterocycles. The number of hydrogen-bond donors (Lipinski definition) is 3. The third-order valence-electron chi connectivity index (χ3n) is 9.27. The number of para-hydroxylation sites is 1. The lowest BCUT2D eigenvalue weighted by Crippen LogP contribution is -2.29. The molecule has 2 atom stereocenters. The number of carboxylic acids is 2. The van der Waals surface area contributed by atoms with Crippen molar-refractivity contribution < 1.29 is 46.8 Å². The predicted molar refractivity (Wildman–Crippen MR) is 188 cm³/mol. The highest BCUT2D eigenvalue weighted by Crippen LogP contribution is 2.42. The van der Waals surface area contributed by atoms with Gasteiger partial charge in [-0.25, -0.2) is 22.4 Å². The highest BCUT2D eigenvalue weighted by Gasteiger charge is 2.37. The Morgan fingerprint density at radius 1 is 1.06 bits per heavy atom. The number of rotatable bonds is 10. The molecule has 4 aromatic rings. The highest BCUT2D eigenvalue weighted by atomic mass is 32.2. The second-order valence-electron chi connectivity index (χ2n) is 12.2. The van der Waals surface area contributed by atoms with E-state index in [-0.39, 0.29) is 38.9 Å². The molecule has 1 saturated heterocycles. The molecule has 3 aromatic carbocycles. The van der Waals surface area contributed by atoms with Gasteiger partial charge < -0.3 is 29.3 Å². The Labute approximate surface area is 294 Å². The van der Waals surface area contributed by atoms with Crippen LogP contribution < -0.4 is 14.2 Å². The Balaban J connectivity index is 0.000000231. The molecule has 3 N–H and O–H groups in total. The van der Waals surface area contributed by atoms with Crippen molar-refractivity contribution in [3.8, 4) is 11.5 Å². The maximum absolute atomic E-state index is 14.0. The summed E-state index contributed by atoms with van der Waals surface area (Å²) in [6.07, 6.45) is 6.43. The third kappa shape index (κ3) is 7.39. The second kappa shape index (κ2) is 15.1. The number of nitrogens with zero attached hydrogens (tertiary/aromatic N) is 2. The average Bonchev–Trinajstić information content (AvgIpc) is 3.80. The molecule has 3 aliphatic rings. The van der Waals surface area contributed by atoms with Crippen LogP contribution in [0.15, 0.2) is 65.7 Å². The number of sulfonamides is 1. The van der Waals surface area contributed by atoms with Gasteiger partial charge in [0, 0.05) is 42.0 Å². The van der Waals surface area contributed by atoms with E-state index in [1.807, 2.05) is 19.9 Å². The van der Waals surface area contributed by atoms with Crippen LogP contribution in [0.25, 0.3) is 17.0 Å². The summed E-state index contributed by atoms with van der Waals surface area (Å²) in [7, 11) is -4.26. The first-order valence-electron chi connectivity index (χ1n) is 16.6. The minimum atomic E-state index is -4.26. The van der Waals surface area contributed by atoms with E-state index in [4.69, 9.17) is 19.3 Å². The zero-order valence-corrected chi connectivity index (χ0v) is 28.9. The molecule has 1 fully saturated rings. The minimum Gasteiger partial charge on any atom is -0.491 e. The van der Waals surface area contributed by atoms with Gasteiger partial charge in [0.25, 0.3) is 10.0 Å². The molecule has 268 valence electrons. The number of anilines is 1. The normalized spacial score (nSPS) is 17.6. The van der Waals surface area contributed by atoms with Crippen LogP contribution in [0.5, 0.6) is 11.5 Å². The van der Waals surface area contributed by atoms with Crippen molar-refractivity contribution in [1.82, 2.24) is 9.88 Å². The van der Waals surface area contributed by atoms with Crippen molar-refractivity contribution in [3.05, 3.63) is 94.4 Å². The van der Waals surface area contributed by atoms with Gasteiger partial charge in [-0.2, -0.15) is 0 Å². The van der Waals surface area contributed by atoms with Crippen LogP contribution in [0.2, 0.25) is 0 Å². The third-order valence-corrected chi connectivity index (χ3v) is 10.7. The van der Waals surface area contributed by atoms with Crippen LogP contribution in [-0.2, 0) is 21.2 Å². The molecule has 0 aliphatic carbocycles. The Morgan fingerprint density at radius 2 is 1.86 bits per heavy atom. The molecular weight excluding hydrogens is 681 g/mol. The Bertz CT molecular complexity index is 2120. The smallest absolute Gasteiger partial charge is 0.340 e. The first-order chi connectivity index (χ1) is 24.5. The van der Waals surface area contributed by atoms with E-state index in [0.29, 0.717) is 49.0 Å². The number of carboxylic acid groups (broad SMARTS) is 2. The van der Waals surface area contributed by atoms with Gasteiger partial charge in [-0.05, 0) is 55.4 Å². The van der Waals surface area contributed by atoms with E-state index in [9.17, 15) is 27.5 Å². The number of hydrogen-bond acceptors (Lipinski definition) is 9. The fourth-order valence-corrected chi connectivity index (χ4v) is 7.92. The Morgan fingerprint density at radius 3 is 2.61 bits per heavy atom. The van der Waals surface area contributed by atoms with Crippen LogP contribution in [0.1, 0.15) is 63.6 Å². The van der Waals surface area contributed by atoms with Crippen molar-refractivity contribution in [3.63, 3.8) is 0 Å². The molecule has 3 aliphatic heterocycles. The van der Waals surface area contributed by atoms with Crippen molar-refractivity contribution in [2.24, 2.45) is 0 Å². The number of pyridine rings is 1. The van der Waals surface area contributed by atoms with Crippen LogP contribution >= 0.6 is 0 Å². The number of carbonyl (C=O) groups is 2. The zero-order valence-electron chi connectivity index (χ0n) is 28.1. The van der Waals surface area contributed by atoms with Gasteiger partial charge in [0.1, 0.15) is 35.1 Å². The lowest BCUT2D eigenvalue weighted by molar-refractivity contribution is 0.0483. The minimum absolute atomic E-state index is 0.0940. The first-order valence-corrected chi connectivity index (χ1v) is 18.1. The van der Waals surface area contributed by atoms with Gasteiger partial charge in [0.2, 0.25) is 0 Å². The molecule has 0 spiro atoms. The van der Waals surface area contributed by atoms with Crippen molar-refractivity contribution in [1.29, 1.82) is 0 Å². The highest BCUT2D eigenvalue weighted by molar-refractivity contribution is 7.92. The molecule has 0 saturated carbocycles. The second-order valence-corrected chi connectivity index (χ2v) is 13.9. The summed E-state index contributed by atoms with van der Waals surface area (Å²) in [5, 5.41) is 19.6. The van der Waals surface area contributed by atoms with E-state index in [1.165, 1.54) is 18.3 Å². The van der Waals surface area contributed by atoms with Crippen molar-refractivity contribution >= 4 is 44.6 Å². The van der Waals surface area contributed by atoms with Gasteiger partial charge in [0.15, 0.2) is 0 Å². The van der Waals surface area contributed by atoms with Gasteiger partial charge in [-0.15, -0.1) is 0 Å². The molecule has 14 heteroatoms. The van der Waals surface area contributed by atoms with Gasteiger partial charge in [0.05, 0.1) is 35.0 Å². The van der Waals surface area contributed by atoms with E-state index in [0.717, 1.165) is 49.4 Å². The van der Waals surface area contributed by atoms with Crippen LogP contribution in [0, 0.1) is 5.82 Å². The number of ether oxygens (including phenoxy) is 3. The summed E-state index contributed by atoms with van der Waals surface area (Å²) in [4.78, 5) is 29.4. The Hall–Kier alpha value is -5.05. The lowest BCUT2D eigenvalue weighted by atomic mass is 9.89. The van der Waals surface area contributed by atoms with E-state index < -0.39 is 27.8 Å². The molecule has 4 heterocycles. The molecule has 2 unspecified atom stereocenters. The lowest BCUT2D eigenvalue weighted by Gasteiger charge is -2.28. The summed E-state index contributed by atoms with van der Waals surface area (Å²) in [6.45, 7) is 7.90. The zero-order chi connectivity index (χ0) is 36.3. The van der Waals surface area contributed by atoms with Crippen LogP contribution in [0.3, 0.4) is 0 Å². The Kier molecular flexibility index (Phi) is 10.6. The molecular formula is C37H38FN3O9S. The predicted octanol–water partition coefficient (Wildman–Crippen LogP) is 5.81. The van der Waals surface area contributed by atoms with Crippen LogP contribution in [0.4, 0.5) is 10.1 Å². The number of fused-ring (bicyclic) bond motifs is 6. The molecule has 51 heavy (non-hydrogen) atoms. The maximum atomic E-state index is 14.0. The molecule has 0 bridgehead atoms. The summed E-state index contributed by atoms with van der Waals surface area (Å²) in [5.41, 5.74) is 2.01. The molecule has 12 nitrogen and oxygen atoms in total. The quantitative estimate of drug-likeness (QED) is 0.181. The van der Waals surface area contributed by atoms with E-state index in [2.05, 4.69) is 14.6 Å². The maximum Gasteiger partial charge on any atom is 0.340 e. The van der Waals surface area contributed by atoms with Crippen molar-refractivity contribution in [2.45, 2.75) is 43.6 Å². The van der Waals surface area contributed by atoms with Gasteiger partial charge in [-0.3, -0.25) is 9.71 Å². The SMILES string of the molecule is CCN(CC)CC=Cc1cc(F)ccc1S(=O)(=O)Nc1ccc2c3c(cnc2c1C(=O)O)OCC3.O=C(O)c1cccc2c1OCC1OCCC21. The number of aromatic carboxylic acids is 2. The topological polar surface area (TPSA) is 165 Å². The van der Waals surface area contributed by atoms with Crippen LogP contribution in [-0.4, -0.2) is 86.0 Å². The largest absolute Gasteiger partial charge is 0.491 e. The molecule has 0 amide bonds. The van der Waals surface area contributed by atoms with Gasteiger partial charge in [-0.1, -0.05) is 44.2 Å². The molecule has 0 radical (unpaired) electrons. The van der Waals surface area contributed by atoms with Crippen molar-refractivity contribution in [2.75, 3.05) is 44.2 Å². The number of likely N-dealkylation sites (N-methyl/N-ethyl adjacent to an activating group) is 1. The average molecular weight is 720 g/mol. The van der Waals surface area contributed by atoms with E-state index >= 15 is 0 Å². The number of nitrogens with one attached hydrogen (secondary N) is 1.